The first-order valence-electron chi connectivity index (χ1n) is 15.7. The zero-order valence-electron chi connectivity index (χ0n) is 28.3. The van der Waals surface area contributed by atoms with Gasteiger partial charge in [0.2, 0.25) is 29.5 Å². The molecule has 285 valence electrons. The second kappa shape index (κ2) is 30.2. The van der Waals surface area contributed by atoms with Crippen LogP contribution in [0, 0.1) is 0 Å². The second-order valence-electron chi connectivity index (χ2n) is 10.9. The number of phenolic OH excluding ortho intramolecular Hbond substituents is 1. The van der Waals surface area contributed by atoms with Gasteiger partial charge in [0.1, 0.15) is 23.9 Å². The third-order valence-corrected chi connectivity index (χ3v) is 10.1. The maximum Gasteiger partial charge on any atom is 0.244 e. The Morgan fingerprint density at radius 2 is 1.22 bits per heavy atom. The maximum atomic E-state index is 12.7. The number of amides is 5. The molecule has 0 unspecified atom stereocenters. The van der Waals surface area contributed by atoms with Gasteiger partial charge in [-0.2, -0.15) is 25.3 Å². The van der Waals surface area contributed by atoms with Crippen LogP contribution in [0.1, 0.15) is 31.7 Å². The van der Waals surface area contributed by atoms with Crippen LogP contribution in [-0.2, 0) is 50.5 Å². The minimum Gasteiger partial charge on any atom is -0.508 e. The summed E-state index contributed by atoms with van der Waals surface area (Å²) in [6.07, 6.45) is 6.09. The number of nitrogens with two attached hydrogens (primary N) is 1. The number of hydrogen-bond donors (Lipinski definition) is 12. The standard InChI is InChI=1S/C22H32N6O6S2.C9H21O3P.Tc/c1-12(2)26-15(7-13-3-5-14(29)6-4-13)20(32)25-9-19(31)27-17(11-36)22(34)28-16(10-35)21(33)24-8-18(23)30;10-4-1-7-13(8-2-5-11)9-3-6-12;/h3-6,15-17,26,29,35-36H,1,7-11H2,2H3,(H2,23,30)(H,24,33)(H,25,32)(H,27,31)(H,28,34);10-12H,1-9H2;/t15-,16-,17-;;/m0../s1/i;;1+1. The first-order chi connectivity index (χ1) is 23.3. The van der Waals surface area contributed by atoms with E-state index in [-0.39, 0.29) is 71.5 Å². The van der Waals surface area contributed by atoms with Gasteiger partial charge in [0, 0.05) is 63.5 Å². The van der Waals surface area contributed by atoms with Gasteiger partial charge in [-0.05, 0) is 62.4 Å². The predicted octanol–water partition coefficient (Wildman–Crippen LogP) is -1.41. The summed E-state index contributed by atoms with van der Waals surface area (Å²) in [4.78, 5) is 60.4. The van der Waals surface area contributed by atoms with Crippen molar-refractivity contribution in [1.82, 2.24) is 26.6 Å². The van der Waals surface area contributed by atoms with Crippen LogP contribution in [-0.4, -0.2) is 131 Å². The molecule has 0 fully saturated rings. The quantitative estimate of drug-likeness (QED) is 0.0428. The second-order valence-corrected chi connectivity index (χ2v) is 14.3. The Kier molecular flexibility index (Phi) is 30.0. The number of benzene rings is 1. The molecule has 1 aromatic carbocycles. The Bertz CT molecular complexity index is 1150. The molecule has 0 aliphatic rings. The van der Waals surface area contributed by atoms with E-state index in [9.17, 15) is 29.1 Å². The number of aromatic hydroxyl groups is 1. The van der Waals surface area contributed by atoms with E-state index >= 15 is 0 Å². The number of thiol groups is 2. The largest absolute Gasteiger partial charge is 0.508 e. The average molecular weight is 848 g/mol. The number of carbonyl (C=O) groups is 5. The zero-order valence-corrected chi connectivity index (χ0v) is 32.8. The number of phenols is 1. The van der Waals surface area contributed by atoms with Gasteiger partial charge in [-0.25, -0.2) is 0 Å². The molecule has 0 spiro atoms. The molecule has 1 aromatic rings. The van der Waals surface area contributed by atoms with Gasteiger partial charge < -0.3 is 52.7 Å². The number of nitrogens with one attached hydrogen (secondary N) is 5. The van der Waals surface area contributed by atoms with E-state index in [4.69, 9.17) is 21.1 Å². The molecule has 11 N–H and O–H groups in total. The molecule has 3 atom stereocenters. The van der Waals surface area contributed by atoms with E-state index in [1.807, 2.05) is 0 Å². The Morgan fingerprint density at radius 3 is 1.66 bits per heavy atom. The summed E-state index contributed by atoms with van der Waals surface area (Å²) in [6, 6.07) is 3.42. The first-order valence-corrected chi connectivity index (χ1v) is 18.9. The van der Waals surface area contributed by atoms with Gasteiger partial charge >= 0.3 is 0 Å². The summed E-state index contributed by atoms with van der Waals surface area (Å²) >= 11 is 8.07. The van der Waals surface area contributed by atoms with Crippen LogP contribution in [0.5, 0.6) is 5.75 Å². The monoisotopic (exact) mass is 847 g/mol. The van der Waals surface area contributed by atoms with Crippen LogP contribution in [0.25, 0.3) is 0 Å². The fourth-order valence-corrected chi connectivity index (χ4v) is 7.04. The van der Waals surface area contributed by atoms with Crippen molar-refractivity contribution >= 4 is 62.7 Å². The van der Waals surface area contributed by atoms with Gasteiger partial charge in [-0.1, -0.05) is 18.7 Å². The van der Waals surface area contributed by atoms with E-state index in [2.05, 4.69) is 58.4 Å². The summed E-state index contributed by atoms with van der Waals surface area (Å²) in [5, 5.41) is 48.0. The number of carbonyl (C=O) groups excluding carboxylic acids is 5. The molecule has 50 heavy (non-hydrogen) atoms. The fraction of sp³-hybridized carbons (Fsp3) is 0.581. The van der Waals surface area contributed by atoms with Crippen LogP contribution in [0.15, 0.2) is 36.5 Å². The van der Waals surface area contributed by atoms with Crippen molar-refractivity contribution in [2.24, 2.45) is 5.73 Å². The summed E-state index contributed by atoms with van der Waals surface area (Å²) in [7, 11) is -0.0583. The molecule has 19 heteroatoms. The van der Waals surface area contributed by atoms with Crippen molar-refractivity contribution < 1.29 is 64.5 Å². The molecule has 0 saturated heterocycles. The van der Waals surface area contributed by atoms with Crippen LogP contribution in [0.2, 0.25) is 0 Å². The molecular weight excluding hydrogens is 794 g/mol. The maximum absolute atomic E-state index is 12.7. The molecule has 0 heterocycles. The minimum atomic E-state index is -1.11. The molecule has 0 aromatic heterocycles. The summed E-state index contributed by atoms with van der Waals surface area (Å²) in [6.45, 7) is 5.39. The summed E-state index contributed by atoms with van der Waals surface area (Å²) in [5.74, 6) is -3.32. The molecule has 0 aliphatic carbocycles. The Balaban J connectivity index is 0. The smallest absolute Gasteiger partial charge is 0.244 e. The van der Waals surface area contributed by atoms with Gasteiger partial charge in [0.05, 0.1) is 13.1 Å². The number of allylic oxidation sites excluding steroid dienone is 1. The topological polar surface area (TPSA) is 252 Å². The van der Waals surface area contributed by atoms with Gasteiger partial charge in [-0.3, -0.25) is 24.0 Å². The van der Waals surface area contributed by atoms with E-state index < -0.39 is 60.8 Å². The molecule has 0 bridgehead atoms. The van der Waals surface area contributed by atoms with E-state index in [0.29, 0.717) is 5.70 Å². The minimum absolute atomic E-state index is 0. The zero-order chi connectivity index (χ0) is 37.2. The van der Waals surface area contributed by atoms with Crippen molar-refractivity contribution in [3.63, 3.8) is 0 Å². The average Bonchev–Trinajstić information content (AvgIpc) is 3.07. The molecule has 15 nitrogen and oxygen atoms in total. The van der Waals surface area contributed by atoms with Crippen molar-refractivity contribution in [3.8, 4) is 5.75 Å². The SMILES string of the molecule is C=C(C)N[C@@H](Cc1ccc(O)cc1)C(=O)NCC(=O)N[C@@H](CS)C(=O)N[C@@H](CS)C(=O)NCC(N)=O.OCCCP(CCCO)CCCO.[99Tc]. The van der Waals surface area contributed by atoms with Crippen molar-refractivity contribution in [1.29, 1.82) is 0 Å². The number of hydrogen-bond acceptors (Lipinski definition) is 12. The number of aliphatic hydroxyl groups is 3. The van der Waals surface area contributed by atoms with E-state index in [1.165, 1.54) is 12.1 Å². The molecule has 5 amide bonds. The Morgan fingerprint density at radius 1 is 0.760 bits per heavy atom. The number of rotatable bonds is 24. The summed E-state index contributed by atoms with van der Waals surface area (Å²) < 4.78 is 0. The van der Waals surface area contributed by atoms with E-state index in [0.717, 1.165) is 43.3 Å². The normalized spacial score (nSPS) is 12.1. The van der Waals surface area contributed by atoms with Crippen molar-refractivity contribution in [2.45, 2.75) is 50.7 Å². The Labute approximate surface area is 319 Å². The van der Waals surface area contributed by atoms with Crippen LogP contribution in [0.3, 0.4) is 0 Å². The fourth-order valence-electron chi connectivity index (χ4n) is 4.09. The summed E-state index contributed by atoms with van der Waals surface area (Å²) in [5.41, 5.74) is 6.30. The van der Waals surface area contributed by atoms with Crippen molar-refractivity contribution in [3.05, 3.63) is 42.1 Å². The van der Waals surface area contributed by atoms with Gasteiger partial charge in [0.15, 0.2) is 0 Å². The first kappa shape index (κ1) is 49.7. The number of primary amides is 1. The van der Waals surface area contributed by atoms with E-state index in [1.54, 1.807) is 19.1 Å². The third kappa shape index (κ3) is 23.9. The molecular formula is C31H53N6O9PS2Tc. The molecule has 0 aliphatic heterocycles. The van der Waals surface area contributed by atoms with Gasteiger partial charge in [-0.15, -0.1) is 7.92 Å². The Hall–Kier alpha value is -2.43. The van der Waals surface area contributed by atoms with Crippen molar-refractivity contribution in [2.75, 3.05) is 62.9 Å². The predicted molar refractivity (Wildman–Crippen MR) is 197 cm³/mol. The van der Waals surface area contributed by atoms with Crippen LogP contribution in [0.4, 0.5) is 0 Å². The van der Waals surface area contributed by atoms with Gasteiger partial charge in [0.25, 0.3) is 0 Å². The van der Waals surface area contributed by atoms with Crippen LogP contribution < -0.4 is 32.3 Å². The molecule has 1 radical (unpaired) electrons. The molecule has 1 rings (SSSR count). The molecule has 0 saturated carbocycles. The van der Waals surface area contributed by atoms with Crippen LogP contribution >= 0.6 is 33.2 Å². The third-order valence-electron chi connectivity index (χ3n) is 6.52. The number of aliphatic hydroxyl groups excluding tert-OH is 3.